The fourth-order valence-electron chi connectivity index (χ4n) is 3.15. The van der Waals surface area contributed by atoms with Crippen LogP contribution in [0.1, 0.15) is 28.6 Å². The highest BCUT2D eigenvalue weighted by Gasteiger charge is 2.34. The van der Waals surface area contributed by atoms with E-state index in [4.69, 9.17) is 10.2 Å². The van der Waals surface area contributed by atoms with Gasteiger partial charge in [0.25, 0.3) is 11.8 Å². The average Bonchev–Trinajstić information content (AvgIpc) is 3.34. The van der Waals surface area contributed by atoms with Crippen LogP contribution >= 0.6 is 0 Å². The van der Waals surface area contributed by atoms with Crippen LogP contribution in [0.5, 0.6) is 0 Å². The number of hydrazine groups is 1. The molecule has 1 aliphatic heterocycles. The Morgan fingerprint density at radius 1 is 1.03 bits per heavy atom. The first-order chi connectivity index (χ1) is 14.5. The van der Waals surface area contributed by atoms with Gasteiger partial charge in [-0.05, 0) is 54.5 Å². The SMILES string of the molecule is CCc1ccc(N2NC(=O)C(=Cc3ccc(-c4ccc(C(N)=O)cc4)o3)C2=O)cc1. The van der Waals surface area contributed by atoms with Crippen LogP contribution in [0.3, 0.4) is 0 Å². The monoisotopic (exact) mass is 401 g/mol. The molecule has 1 saturated heterocycles. The molecule has 150 valence electrons. The van der Waals surface area contributed by atoms with E-state index in [1.54, 1.807) is 48.5 Å². The van der Waals surface area contributed by atoms with Crippen LogP contribution in [0.15, 0.2) is 70.7 Å². The van der Waals surface area contributed by atoms with Crippen LogP contribution in [0.2, 0.25) is 0 Å². The lowest BCUT2D eigenvalue weighted by molar-refractivity contribution is -0.117. The first-order valence-electron chi connectivity index (χ1n) is 9.42. The minimum Gasteiger partial charge on any atom is -0.457 e. The van der Waals surface area contributed by atoms with E-state index < -0.39 is 17.7 Å². The van der Waals surface area contributed by atoms with Crippen molar-refractivity contribution in [1.82, 2.24) is 5.43 Å². The number of rotatable bonds is 5. The molecule has 0 bridgehead atoms. The molecule has 3 N–H and O–H groups in total. The molecule has 2 heterocycles. The molecule has 2 aromatic carbocycles. The summed E-state index contributed by atoms with van der Waals surface area (Å²) in [7, 11) is 0. The molecule has 1 aliphatic rings. The molecule has 0 spiro atoms. The van der Waals surface area contributed by atoms with E-state index in [9.17, 15) is 14.4 Å². The number of carbonyl (C=O) groups is 3. The summed E-state index contributed by atoms with van der Waals surface area (Å²) in [6.07, 6.45) is 2.30. The predicted molar refractivity (Wildman–Crippen MR) is 112 cm³/mol. The lowest BCUT2D eigenvalue weighted by atomic mass is 10.1. The summed E-state index contributed by atoms with van der Waals surface area (Å²) in [5, 5.41) is 1.22. The lowest BCUT2D eigenvalue weighted by Crippen LogP contribution is -2.35. The normalized spacial score (nSPS) is 15.0. The number of primary amides is 1. The number of aryl methyl sites for hydroxylation is 1. The highest BCUT2D eigenvalue weighted by molar-refractivity contribution is 6.31. The highest BCUT2D eigenvalue weighted by atomic mass is 16.3. The Bertz CT molecular complexity index is 1160. The number of nitrogens with zero attached hydrogens (tertiary/aromatic N) is 1. The first-order valence-corrected chi connectivity index (χ1v) is 9.42. The zero-order valence-corrected chi connectivity index (χ0v) is 16.2. The van der Waals surface area contributed by atoms with Crippen molar-refractivity contribution in [2.45, 2.75) is 13.3 Å². The van der Waals surface area contributed by atoms with Gasteiger partial charge in [0, 0.05) is 11.1 Å². The van der Waals surface area contributed by atoms with Crippen LogP contribution in [0.25, 0.3) is 17.4 Å². The third-order valence-corrected chi connectivity index (χ3v) is 4.86. The second-order valence-corrected chi connectivity index (χ2v) is 6.80. The molecule has 0 unspecified atom stereocenters. The third kappa shape index (κ3) is 3.60. The van der Waals surface area contributed by atoms with Gasteiger partial charge < -0.3 is 10.2 Å². The molecule has 7 nitrogen and oxygen atoms in total. The number of hydrogen-bond donors (Lipinski definition) is 2. The topological polar surface area (TPSA) is 106 Å². The van der Waals surface area contributed by atoms with Crippen molar-refractivity contribution in [3.63, 3.8) is 0 Å². The molecule has 7 heteroatoms. The Balaban J connectivity index is 1.56. The number of carbonyl (C=O) groups excluding carboxylic acids is 3. The van der Waals surface area contributed by atoms with Gasteiger partial charge in [-0.15, -0.1) is 0 Å². The molecule has 0 saturated carbocycles. The summed E-state index contributed by atoms with van der Waals surface area (Å²) in [5.74, 6) is -0.552. The van der Waals surface area contributed by atoms with Gasteiger partial charge in [0.2, 0.25) is 5.91 Å². The smallest absolute Gasteiger partial charge is 0.282 e. The standard InChI is InChI=1S/C23H19N3O4/c1-2-14-3-9-17(10-4-14)26-23(29)19(22(28)25-26)13-18-11-12-20(30-18)15-5-7-16(8-6-15)21(24)27/h3-13H,2H2,1H3,(H2,24,27)(H,25,28). The van der Waals surface area contributed by atoms with E-state index in [2.05, 4.69) is 5.43 Å². The Kier molecular flexibility index (Phi) is 4.93. The summed E-state index contributed by atoms with van der Waals surface area (Å²) in [4.78, 5) is 36.3. The van der Waals surface area contributed by atoms with Crippen LogP contribution < -0.4 is 16.2 Å². The Hall–Kier alpha value is -4.13. The number of furan rings is 1. The van der Waals surface area contributed by atoms with Crippen molar-refractivity contribution in [1.29, 1.82) is 0 Å². The van der Waals surface area contributed by atoms with Crippen LogP contribution in [0.4, 0.5) is 5.69 Å². The zero-order valence-electron chi connectivity index (χ0n) is 16.2. The van der Waals surface area contributed by atoms with Crippen LogP contribution in [-0.2, 0) is 16.0 Å². The van der Waals surface area contributed by atoms with Crippen molar-refractivity contribution in [2.75, 3.05) is 5.01 Å². The van der Waals surface area contributed by atoms with Crippen molar-refractivity contribution in [2.24, 2.45) is 5.73 Å². The minimum atomic E-state index is -0.508. The van der Waals surface area contributed by atoms with Crippen molar-refractivity contribution >= 4 is 29.5 Å². The summed E-state index contributed by atoms with van der Waals surface area (Å²) < 4.78 is 5.76. The van der Waals surface area contributed by atoms with Gasteiger partial charge in [-0.25, -0.2) is 5.01 Å². The summed E-state index contributed by atoms with van der Waals surface area (Å²) in [6.45, 7) is 2.04. The lowest BCUT2D eigenvalue weighted by Gasteiger charge is -2.14. The highest BCUT2D eigenvalue weighted by Crippen LogP contribution is 2.26. The van der Waals surface area contributed by atoms with E-state index >= 15 is 0 Å². The molecule has 3 aromatic rings. The Labute approximate surface area is 172 Å². The maximum atomic E-state index is 12.7. The summed E-state index contributed by atoms with van der Waals surface area (Å²) in [5.41, 5.74) is 10.7. The number of anilines is 1. The molecule has 3 amide bonds. The number of nitrogens with two attached hydrogens (primary N) is 1. The average molecular weight is 401 g/mol. The summed E-state index contributed by atoms with van der Waals surface area (Å²) in [6, 6.07) is 17.4. The van der Waals surface area contributed by atoms with Gasteiger partial charge in [0.15, 0.2) is 0 Å². The molecule has 30 heavy (non-hydrogen) atoms. The molecule has 4 rings (SSSR count). The predicted octanol–water partition coefficient (Wildman–Crippen LogP) is 3.07. The van der Waals surface area contributed by atoms with Gasteiger partial charge in [-0.3, -0.25) is 19.8 Å². The van der Waals surface area contributed by atoms with Crippen LogP contribution in [-0.4, -0.2) is 17.7 Å². The second-order valence-electron chi connectivity index (χ2n) is 6.80. The van der Waals surface area contributed by atoms with E-state index in [1.165, 1.54) is 11.1 Å². The molecule has 0 atom stereocenters. The first kappa shape index (κ1) is 19.2. The molecular weight excluding hydrogens is 382 g/mol. The van der Waals surface area contributed by atoms with E-state index in [0.717, 1.165) is 17.5 Å². The fourth-order valence-corrected chi connectivity index (χ4v) is 3.15. The number of hydrogen-bond acceptors (Lipinski definition) is 4. The van der Waals surface area contributed by atoms with Crippen molar-refractivity contribution in [3.8, 4) is 11.3 Å². The zero-order chi connectivity index (χ0) is 21.3. The number of benzene rings is 2. The second kappa shape index (κ2) is 7.71. The largest absolute Gasteiger partial charge is 0.457 e. The van der Waals surface area contributed by atoms with Gasteiger partial charge in [-0.2, -0.15) is 0 Å². The third-order valence-electron chi connectivity index (χ3n) is 4.86. The molecule has 0 aliphatic carbocycles. The minimum absolute atomic E-state index is 0.0143. The van der Waals surface area contributed by atoms with E-state index in [0.29, 0.717) is 22.8 Å². The summed E-state index contributed by atoms with van der Waals surface area (Å²) >= 11 is 0. The van der Waals surface area contributed by atoms with Gasteiger partial charge >= 0.3 is 0 Å². The van der Waals surface area contributed by atoms with Crippen molar-refractivity contribution < 1.29 is 18.8 Å². The quantitative estimate of drug-likeness (QED) is 0.506. The Morgan fingerprint density at radius 3 is 2.37 bits per heavy atom. The Morgan fingerprint density at radius 2 is 1.73 bits per heavy atom. The van der Waals surface area contributed by atoms with E-state index in [-0.39, 0.29) is 5.57 Å². The van der Waals surface area contributed by atoms with Gasteiger partial charge in [0.1, 0.15) is 17.1 Å². The van der Waals surface area contributed by atoms with E-state index in [1.807, 2.05) is 19.1 Å². The van der Waals surface area contributed by atoms with Gasteiger partial charge in [0.05, 0.1) is 5.69 Å². The fraction of sp³-hybridized carbons (Fsp3) is 0.0870. The van der Waals surface area contributed by atoms with Crippen molar-refractivity contribution in [3.05, 3.63) is 83.1 Å². The molecule has 1 aromatic heterocycles. The maximum absolute atomic E-state index is 12.7. The molecular formula is C23H19N3O4. The number of amides is 3. The van der Waals surface area contributed by atoms with Gasteiger partial charge in [-0.1, -0.05) is 31.2 Å². The van der Waals surface area contributed by atoms with Crippen LogP contribution in [0, 0.1) is 0 Å². The number of nitrogens with one attached hydrogen (secondary N) is 1. The maximum Gasteiger partial charge on any atom is 0.282 e. The molecule has 1 fully saturated rings. The molecule has 0 radical (unpaired) electrons.